The maximum absolute atomic E-state index is 14.0. The van der Waals surface area contributed by atoms with E-state index in [0.29, 0.717) is 0 Å². The molecule has 1 saturated heterocycles. The molecule has 1 amide bonds. The van der Waals surface area contributed by atoms with Crippen LogP contribution in [0, 0.1) is 5.92 Å². The van der Waals surface area contributed by atoms with Crippen molar-refractivity contribution in [3.63, 3.8) is 0 Å². The summed E-state index contributed by atoms with van der Waals surface area (Å²) < 4.78 is 59.1. The second kappa shape index (κ2) is 6.04. The monoisotopic (exact) mass is 329 g/mol. The molecule has 1 aliphatic heterocycles. The summed E-state index contributed by atoms with van der Waals surface area (Å²) in [6, 6.07) is 0. The van der Waals surface area contributed by atoms with Crippen LogP contribution in [-0.2, 0) is 19.0 Å². The number of likely N-dealkylation sites (tertiary alicyclic amines) is 1. The van der Waals surface area contributed by atoms with Gasteiger partial charge in [-0.2, -0.15) is 8.42 Å². The van der Waals surface area contributed by atoms with Crippen LogP contribution in [0.3, 0.4) is 0 Å². The molecule has 1 fully saturated rings. The van der Waals surface area contributed by atoms with E-state index in [2.05, 4.69) is 4.18 Å². The molecule has 0 aromatic carbocycles. The van der Waals surface area contributed by atoms with Crippen molar-refractivity contribution in [2.75, 3.05) is 26.0 Å². The molecule has 1 rings (SSSR count). The lowest BCUT2D eigenvalue weighted by Crippen LogP contribution is -2.53. The fraction of sp³-hybridized carbons (Fsp3) is 0.917. The molecule has 1 atom stereocenters. The summed E-state index contributed by atoms with van der Waals surface area (Å²) in [5.74, 6) is -4.47. The molecule has 1 aliphatic rings. The van der Waals surface area contributed by atoms with E-state index in [1.165, 1.54) is 0 Å². The fourth-order valence-corrected chi connectivity index (χ4v) is 2.29. The SMILES string of the molecule is CC(C)(C)OC(=O)N1CCC(COS(C)(=O)=O)C(F)(F)C1. The second-order valence-electron chi connectivity index (χ2n) is 6.14. The molecule has 1 heterocycles. The first-order chi connectivity index (χ1) is 9.30. The minimum absolute atomic E-state index is 0.0538. The van der Waals surface area contributed by atoms with Crippen molar-refractivity contribution < 1.29 is 30.9 Å². The Hall–Kier alpha value is -0.960. The van der Waals surface area contributed by atoms with Crippen molar-refractivity contribution >= 4 is 16.2 Å². The number of alkyl halides is 2. The van der Waals surface area contributed by atoms with Gasteiger partial charge in [0.25, 0.3) is 16.0 Å². The van der Waals surface area contributed by atoms with Gasteiger partial charge in [0.1, 0.15) is 5.60 Å². The molecule has 0 radical (unpaired) electrons. The molecule has 6 nitrogen and oxygen atoms in total. The average Bonchev–Trinajstić information content (AvgIpc) is 2.22. The van der Waals surface area contributed by atoms with Crippen molar-refractivity contribution in [2.24, 2.45) is 5.92 Å². The van der Waals surface area contributed by atoms with Gasteiger partial charge in [-0.25, -0.2) is 13.6 Å². The zero-order valence-electron chi connectivity index (χ0n) is 12.6. The Morgan fingerprint density at radius 1 is 1.38 bits per heavy atom. The number of halogens is 2. The largest absolute Gasteiger partial charge is 0.444 e. The van der Waals surface area contributed by atoms with Gasteiger partial charge in [0.15, 0.2) is 0 Å². The van der Waals surface area contributed by atoms with Crippen LogP contribution in [-0.4, -0.2) is 56.9 Å². The van der Waals surface area contributed by atoms with E-state index >= 15 is 0 Å². The molecule has 0 spiro atoms. The molecule has 124 valence electrons. The average molecular weight is 329 g/mol. The quantitative estimate of drug-likeness (QED) is 0.739. The maximum atomic E-state index is 14.0. The third-order valence-corrected chi connectivity index (χ3v) is 3.45. The van der Waals surface area contributed by atoms with Crippen LogP contribution < -0.4 is 0 Å². The lowest BCUT2D eigenvalue weighted by Gasteiger charge is -2.38. The Balaban J connectivity index is 2.64. The van der Waals surface area contributed by atoms with Gasteiger partial charge in [0.2, 0.25) is 0 Å². The highest BCUT2D eigenvalue weighted by molar-refractivity contribution is 7.85. The summed E-state index contributed by atoms with van der Waals surface area (Å²) in [5, 5.41) is 0. The van der Waals surface area contributed by atoms with Crippen LogP contribution in [0.5, 0.6) is 0 Å². The molecule has 1 unspecified atom stereocenters. The van der Waals surface area contributed by atoms with E-state index < -0.39 is 46.8 Å². The summed E-state index contributed by atoms with van der Waals surface area (Å²) in [5.41, 5.74) is -0.761. The number of hydrogen-bond acceptors (Lipinski definition) is 5. The highest BCUT2D eigenvalue weighted by Gasteiger charge is 2.47. The van der Waals surface area contributed by atoms with Crippen LogP contribution in [0.4, 0.5) is 13.6 Å². The lowest BCUT2D eigenvalue weighted by atomic mass is 9.94. The smallest absolute Gasteiger partial charge is 0.410 e. The summed E-state index contributed by atoms with van der Waals surface area (Å²) in [4.78, 5) is 12.7. The zero-order valence-corrected chi connectivity index (χ0v) is 13.4. The topological polar surface area (TPSA) is 72.9 Å². The molecular formula is C12H21F2NO5S. The molecule has 21 heavy (non-hydrogen) atoms. The first kappa shape index (κ1) is 18.1. The van der Waals surface area contributed by atoms with Crippen LogP contribution in [0.2, 0.25) is 0 Å². The first-order valence-electron chi connectivity index (χ1n) is 6.50. The second-order valence-corrected chi connectivity index (χ2v) is 7.78. The number of hydrogen-bond donors (Lipinski definition) is 0. The summed E-state index contributed by atoms with van der Waals surface area (Å²) in [6.45, 7) is 3.62. The standard InChI is InChI=1S/C12H21F2NO5S/c1-11(2,3)20-10(16)15-6-5-9(12(13,14)8-15)7-19-21(4,17)18/h9H,5-8H2,1-4H3. The van der Waals surface area contributed by atoms with E-state index in [9.17, 15) is 22.0 Å². The minimum Gasteiger partial charge on any atom is -0.444 e. The first-order valence-corrected chi connectivity index (χ1v) is 8.32. The number of ether oxygens (including phenoxy) is 1. The summed E-state index contributed by atoms with van der Waals surface area (Å²) in [6.07, 6.45) is -0.0485. The minimum atomic E-state index is -3.77. The number of carbonyl (C=O) groups excluding carboxylic acids is 1. The predicted octanol–water partition coefficient (Wildman–Crippen LogP) is 1.85. The Bertz CT molecular complexity index is 486. The van der Waals surface area contributed by atoms with E-state index in [4.69, 9.17) is 4.74 Å². The molecule has 0 aromatic rings. The Morgan fingerprint density at radius 3 is 2.38 bits per heavy atom. The highest BCUT2D eigenvalue weighted by atomic mass is 32.2. The van der Waals surface area contributed by atoms with Crippen molar-refractivity contribution in [3.05, 3.63) is 0 Å². The number of piperidine rings is 1. The van der Waals surface area contributed by atoms with Gasteiger partial charge in [0, 0.05) is 6.54 Å². The predicted molar refractivity (Wildman–Crippen MR) is 71.7 cm³/mol. The van der Waals surface area contributed by atoms with Gasteiger partial charge in [-0.05, 0) is 27.2 Å². The van der Waals surface area contributed by atoms with Gasteiger partial charge in [-0.3, -0.25) is 4.18 Å². The van der Waals surface area contributed by atoms with Crippen molar-refractivity contribution in [2.45, 2.75) is 38.7 Å². The highest BCUT2D eigenvalue weighted by Crippen LogP contribution is 2.34. The summed E-state index contributed by atoms with van der Waals surface area (Å²) >= 11 is 0. The lowest BCUT2D eigenvalue weighted by molar-refractivity contribution is -0.119. The van der Waals surface area contributed by atoms with Gasteiger partial charge in [-0.15, -0.1) is 0 Å². The number of carbonyl (C=O) groups is 1. The van der Waals surface area contributed by atoms with Crippen molar-refractivity contribution in [1.29, 1.82) is 0 Å². The Labute approximate surface area is 123 Å². The van der Waals surface area contributed by atoms with E-state index in [-0.39, 0.29) is 13.0 Å². The van der Waals surface area contributed by atoms with Crippen LogP contribution in [0.25, 0.3) is 0 Å². The fourth-order valence-electron chi connectivity index (χ4n) is 1.88. The Morgan fingerprint density at radius 2 is 1.95 bits per heavy atom. The third kappa shape index (κ3) is 6.13. The number of nitrogens with zero attached hydrogens (tertiary/aromatic N) is 1. The van der Waals surface area contributed by atoms with Crippen molar-refractivity contribution in [1.82, 2.24) is 4.90 Å². The molecule has 0 saturated carbocycles. The molecule has 0 aliphatic carbocycles. The number of amides is 1. The van der Waals surface area contributed by atoms with Crippen LogP contribution >= 0.6 is 0 Å². The third-order valence-electron chi connectivity index (χ3n) is 2.88. The van der Waals surface area contributed by atoms with E-state index in [1.54, 1.807) is 20.8 Å². The molecule has 0 bridgehead atoms. The number of rotatable bonds is 3. The van der Waals surface area contributed by atoms with Gasteiger partial charge in [-0.1, -0.05) is 0 Å². The van der Waals surface area contributed by atoms with Gasteiger partial charge < -0.3 is 9.64 Å². The van der Waals surface area contributed by atoms with Gasteiger partial charge >= 0.3 is 6.09 Å². The Kier molecular flexibility index (Phi) is 5.20. The molecule has 9 heteroatoms. The summed E-state index contributed by atoms with van der Waals surface area (Å²) in [7, 11) is -3.77. The normalized spacial score (nSPS) is 23.0. The zero-order chi connectivity index (χ0) is 16.5. The molecule has 0 aromatic heterocycles. The van der Waals surface area contributed by atoms with Crippen LogP contribution in [0.15, 0.2) is 0 Å². The molecular weight excluding hydrogens is 308 g/mol. The maximum Gasteiger partial charge on any atom is 0.410 e. The van der Waals surface area contributed by atoms with E-state index in [1.807, 2.05) is 0 Å². The van der Waals surface area contributed by atoms with E-state index in [0.717, 1.165) is 11.2 Å². The van der Waals surface area contributed by atoms with Gasteiger partial charge in [0.05, 0.1) is 25.3 Å². The van der Waals surface area contributed by atoms with Crippen molar-refractivity contribution in [3.8, 4) is 0 Å². The van der Waals surface area contributed by atoms with Crippen LogP contribution in [0.1, 0.15) is 27.2 Å². The molecule has 0 N–H and O–H groups in total.